The third kappa shape index (κ3) is 4.86. The lowest BCUT2D eigenvalue weighted by Gasteiger charge is -2.26. The van der Waals surface area contributed by atoms with E-state index in [0.29, 0.717) is 24.3 Å². The lowest BCUT2D eigenvalue weighted by atomic mass is 9.99. The Morgan fingerprint density at radius 1 is 1.00 bits per heavy atom. The zero-order valence-electron chi connectivity index (χ0n) is 21.4. The van der Waals surface area contributed by atoms with Crippen molar-refractivity contribution in [2.75, 3.05) is 6.61 Å². The zero-order chi connectivity index (χ0) is 26.9. The molecule has 1 aliphatic heterocycles. The van der Waals surface area contributed by atoms with Gasteiger partial charge >= 0.3 is 5.97 Å². The molecule has 1 atom stereocenters. The Balaban J connectivity index is 1.18. The van der Waals surface area contributed by atoms with E-state index in [4.69, 9.17) is 9.84 Å². The lowest BCUT2D eigenvalue weighted by Crippen LogP contribution is -2.42. The summed E-state index contributed by atoms with van der Waals surface area (Å²) < 4.78 is 7.75. The van der Waals surface area contributed by atoms with E-state index in [1.54, 1.807) is 12.1 Å². The van der Waals surface area contributed by atoms with Crippen LogP contribution < -0.4 is 10.1 Å². The molecule has 0 saturated carbocycles. The standard InChI is InChI=1S/C32H27N3O4/c1-20-28-17-24(31(36)33-25-16-23-6-2-5-9-30(23)39-19-25)14-15-29(28)35(34-20)18-21-10-12-22(13-11-21)26-7-3-4-8-27(26)32(37)38/h2-15,17,25H,16,18-19H2,1H3,(H,33,36)(H,37,38)/t25-/m0/s1. The maximum absolute atomic E-state index is 13.1. The van der Waals surface area contributed by atoms with Gasteiger partial charge in [0.25, 0.3) is 5.91 Å². The van der Waals surface area contributed by atoms with Crippen LogP contribution in [0, 0.1) is 6.92 Å². The lowest BCUT2D eigenvalue weighted by molar-refractivity contribution is 0.0697. The number of aryl methyl sites for hydroxylation is 1. The third-order valence-corrected chi connectivity index (χ3v) is 7.17. The Morgan fingerprint density at radius 2 is 1.77 bits per heavy atom. The van der Waals surface area contributed by atoms with Gasteiger partial charge in [-0.2, -0.15) is 5.10 Å². The summed E-state index contributed by atoms with van der Waals surface area (Å²) >= 11 is 0. The van der Waals surface area contributed by atoms with Crippen molar-refractivity contribution < 1.29 is 19.4 Å². The molecule has 0 spiro atoms. The molecule has 0 radical (unpaired) electrons. The average Bonchev–Trinajstić information content (AvgIpc) is 3.27. The molecule has 2 heterocycles. The number of ether oxygens (including phenoxy) is 1. The van der Waals surface area contributed by atoms with Crippen molar-refractivity contribution in [1.82, 2.24) is 15.1 Å². The van der Waals surface area contributed by atoms with Gasteiger partial charge in [-0.1, -0.05) is 60.7 Å². The van der Waals surface area contributed by atoms with E-state index in [1.807, 2.05) is 90.5 Å². The highest BCUT2D eigenvalue weighted by atomic mass is 16.5. The largest absolute Gasteiger partial charge is 0.491 e. The molecule has 7 nitrogen and oxygen atoms in total. The fourth-order valence-electron chi connectivity index (χ4n) is 5.17. The third-order valence-electron chi connectivity index (χ3n) is 7.17. The minimum Gasteiger partial charge on any atom is -0.491 e. The van der Waals surface area contributed by atoms with Crippen LogP contribution in [0.3, 0.4) is 0 Å². The van der Waals surface area contributed by atoms with Crippen LogP contribution >= 0.6 is 0 Å². The summed E-state index contributed by atoms with van der Waals surface area (Å²) in [4.78, 5) is 24.7. The maximum atomic E-state index is 13.1. The molecule has 7 heteroatoms. The van der Waals surface area contributed by atoms with Crippen molar-refractivity contribution in [3.8, 4) is 16.9 Å². The SMILES string of the molecule is Cc1nn(Cc2ccc(-c3ccccc3C(=O)O)cc2)c2ccc(C(=O)N[C@@H]3COc4ccccc4C3)cc12. The molecule has 194 valence electrons. The maximum Gasteiger partial charge on any atom is 0.336 e. The van der Waals surface area contributed by atoms with Crippen LogP contribution in [0.25, 0.3) is 22.0 Å². The van der Waals surface area contributed by atoms with Crippen molar-refractivity contribution in [2.24, 2.45) is 0 Å². The topological polar surface area (TPSA) is 93.5 Å². The molecule has 1 aromatic heterocycles. The Bertz CT molecular complexity index is 1700. The van der Waals surface area contributed by atoms with Gasteiger partial charge < -0.3 is 15.2 Å². The number of carbonyl (C=O) groups excluding carboxylic acids is 1. The molecule has 1 amide bonds. The highest BCUT2D eigenvalue weighted by molar-refractivity contribution is 5.99. The first-order chi connectivity index (χ1) is 19.0. The second-order valence-corrected chi connectivity index (χ2v) is 9.82. The van der Waals surface area contributed by atoms with E-state index in [2.05, 4.69) is 5.32 Å². The average molecular weight is 518 g/mol. The molecule has 39 heavy (non-hydrogen) atoms. The number of fused-ring (bicyclic) bond motifs is 2. The summed E-state index contributed by atoms with van der Waals surface area (Å²) in [7, 11) is 0. The summed E-state index contributed by atoms with van der Waals surface area (Å²) in [6, 6.07) is 28.3. The van der Waals surface area contributed by atoms with Gasteiger partial charge in [0.2, 0.25) is 0 Å². The Labute approximate surface area is 225 Å². The second-order valence-electron chi connectivity index (χ2n) is 9.82. The molecule has 4 aromatic carbocycles. The summed E-state index contributed by atoms with van der Waals surface area (Å²) in [5.41, 5.74) is 6.33. The quantitative estimate of drug-likeness (QED) is 0.311. The number of hydrogen-bond acceptors (Lipinski definition) is 4. The number of para-hydroxylation sites is 1. The number of amides is 1. The molecule has 0 unspecified atom stereocenters. The molecule has 2 N–H and O–H groups in total. The van der Waals surface area contributed by atoms with Crippen LogP contribution in [0.15, 0.2) is 91.0 Å². The van der Waals surface area contributed by atoms with E-state index < -0.39 is 5.97 Å². The molecule has 0 aliphatic carbocycles. The van der Waals surface area contributed by atoms with Gasteiger partial charge in [-0.15, -0.1) is 0 Å². The number of nitrogens with zero attached hydrogens (tertiary/aromatic N) is 2. The summed E-state index contributed by atoms with van der Waals surface area (Å²) in [6.07, 6.45) is 0.738. The van der Waals surface area contributed by atoms with Crippen molar-refractivity contribution in [3.63, 3.8) is 0 Å². The number of aromatic carboxylic acids is 1. The summed E-state index contributed by atoms with van der Waals surface area (Å²) in [5.74, 6) is -0.194. The highest BCUT2D eigenvalue weighted by Gasteiger charge is 2.22. The van der Waals surface area contributed by atoms with E-state index in [9.17, 15) is 14.7 Å². The van der Waals surface area contributed by atoms with Gasteiger partial charge in [-0.25, -0.2) is 4.79 Å². The van der Waals surface area contributed by atoms with Gasteiger partial charge in [0.15, 0.2) is 0 Å². The van der Waals surface area contributed by atoms with Crippen molar-refractivity contribution >= 4 is 22.8 Å². The number of nitrogens with one attached hydrogen (secondary N) is 1. The number of rotatable bonds is 6. The minimum atomic E-state index is -0.946. The predicted octanol–water partition coefficient (Wildman–Crippen LogP) is 5.49. The molecule has 0 fully saturated rings. The van der Waals surface area contributed by atoms with Crippen LogP contribution in [0.5, 0.6) is 5.75 Å². The number of hydrogen-bond donors (Lipinski definition) is 2. The minimum absolute atomic E-state index is 0.0858. The van der Waals surface area contributed by atoms with Crippen LogP contribution in [0.1, 0.15) is 37.5 Å². The van der Waals surface area contributed by atoms with E-state index in [0.717, 1.165) is 45.5 Å². The molecule has 1 aliphatic rings. The fraction of sp³-hybridized carbons (Fsp3) is 0.156. The van der Waals surface area contributed by atoms with Gasteiger partial charge in [-0.05, 0) is 65.9 Å². The van der Waals surface area contributed by atoms with E-state index in [-0.39, 0.29) is 17.5 Å². The van der Waals surface area contributed by atoms with Crippen LogP contribution in [0.2, 0.25) is 0 Å². The molecular weight excluding hydrogens is 490 g/mol. The van der Waals surface area contributed by atoms with Crippen LogP contribution in [-0.2, 0) is 13.0 Å². The van der Waals surface area contributed by atoms with Crippen LogP contribution in [-0.4, -0.2) is 39.4 Å². The Kier molecular flexibility index (Phi) is 6.32. The first-order valence-corrected chi connectivity index (χ1v) is 12.9. The Hall–Kier alpha value is -4.91. The predicted molar refractivity (Wildman–Crippen MR) is 149 cm³/mol. The summed E-state index contributed by atoms with van der Waals surface area (Å²) in [6.45, 7) is 2.94. The molecule has 6 rings (SSSR count). The Morgan fingerprint density at radius 3 is 2.59 bits per heavy atom. The fourth-order valence-corrected chi connectivity index (χ4v) is 5.17. The van der Waals surface area contributed by atoms with Gasteiger partial charge in [0.1, 0.15) is 12.4 Å². The molecule has 5 aromatic rings. The smallest absolute Gasteiger partial charge is 0.336 e. The molecular formula is C32H27N3O4. The van der Waals surface area contributed by atoms with Gasteiger partial charge in [0, 0.05) is 10.9 Å². The van der Waals surface area contributed by atoms with Gasteiger partial charge in [-0.3, -0.25) is 9.48 Å². The first kappa shape index (κ1) is 24.4. The van der Waals surface area contributed by atoms with Gasteiger partial charge in [0.05, 0.1) is 29.4 Å². The van der Waals surface area contributed by atoms with Crippen molar-refractivity contribution in [2.45, 2.75) is 25.9 Å². The highest BCUT2D eigenvalue weighted by Crippen LogP contribution is 2.27. The number of carbonyl (C=O) groups is 2. The van der Waals surface area contributed by atoms with E-state index >= 15 is 0 Å². The molecule has 0 saturated heterocycles. The van der Waals surface area contributed by atoms with Crippen molar-refractivity contribution in [1.29, 1.82) is 0 Å². The second kappa shape index (κ2) is 10.1. The summed E-state index contributed by atoms with van der Waals surface area (Å²) in [5, 5.41) is 18.3. The van der Waals surface area contributed by atoms with Crippen LogP contribution in [0.4, 0.5) is 0 Å². The number of carboxylic acids is 1. The number of benzene rings is 4. The zero-order valence-corrected chi connectivity index (χ0v) is 21.4. The normalized spacial score (nSPS) is 14.4. The number of carboxylic acid groups (broad SMARTS) is 1. The molecule has 0 bridgehead atoms. The monoisotopic (exact) mass is 517 g/mol. The van der Waals surface area contributed by atoms with E-state index in [1.165, 1.54) is 0 Å². The number of aromatic nitrogens is 2. The first-order valence-electron chi connectivity index (χ1n) is 12.9. The van der Waals surface area contributed by atoms with Crippen molar-refractivity contribution in [3.05, 3.63) is 119 Å².